The summed E-state index contributed by atoms with van der Waals surface area (Å²) in [6, 6.07) is 10.1. The number of anilines is 4. The molecule has 192 valence electrons. The molecule has 1 amide bonds. The van der Waals surface area contributed by atoms with Gasteiger partial charge < -0.3 is 30.2 Å². The Kier molecular flexibility index (Phi) is 7.69. The van der Waals surface area contributed by atoms with Gasteiger partial charge in [-0.15, -0.1) is 0 Å². The first-order valence-electron chi connectivity index (χ1n) is 11.7. The van der Waals surface area contributed by atoms with Crippen molar-refractivity contribution < 1.29 is 13.9 Å². The highest BCUT2D eigenvalue weighted by molar-refractivity contribution is 6.02. The minimum absolute atomic E-state index is 0.314. The number of benzene rings is 2. The number of methoxy groups -OCH3 is 1. The molecule has 37 heavy (non-hydrogen) atoms. The zero-order valence-corrected chi connectivity index (χ0v) is 21.3. The zero-order chi connectivity index (χ0) is 26.5. The fourth-order valence-corrected chi connectivity index (χ4v) is 4.09. The van der Waals surface area contributed by atoms with E-state index in [1.54, 1.807) is 31.5 Å². The number of fused-ring (bicyclic) bond motifs is 1. The summed E-state index contributed by atoms with van der Waals surface area (Å²) >= 11 is 0. The molecule has 0 aliphatic heterocycles. The molecule has 0 spiro atoms. The number of carbonyl (C=O) groups is 1. The van der Waals surface area contributed by atoms with Gasteiger partial charge in [-0.1, -0.05) is 6.58 Å². The van der Waals surface area contributed by atoms with E-state index in [9.17, 15) is 9.18 Å². The number of rotatable bonds is 10. The van der Waals surface area contributed by atoms with Gasteiger partial charge in [0.1, 0.15) is 11.6 Å². The van der Waals surface area contributed by atoms with Crippen molar-refractivity contribution in [1.29, 1.82) is 0 Å². The van der Waals surface area contributed by atoms with Gasteiger partial charge in [-0.3, -0.25) is 4.79 Å². The zero-order valence-electron chi connectivity index (χ0n) is 21.3. The standard InChI is InChI=1S/C27H30FN7O2/c1-6-26(36)31-21-14-22(25(37-5)15-24(21)34(3)12-11-29-2)33-27-30-10-9-20(32-27)19-16-35(4)23-8-7-17(28)13-18(19)23/h6-10,13-16,29H,1,11-12H2,2-5H3,(H,31,36)(H,30,32,33). The van der Waals surface area contributed by atoms with E-state index in [2.05, 4.69) is 32.5 Å². The van der Waals surface area contributed by atoms with Crippen LogP contribution >= 0.6 is 0 Å². The summed E-state index contributed by atoms with van der Waals surface area (Å²) in [5, 5.41) is 9.95. The molecule has 0 fully saturated rings. The molecular formula is C27H30FN7O2. The molecule has 4 rings (SSSR count). The Bertz CT molecular complexity index is 1450. The van der Waals surface area contributed by atoms with Crippen molar-refractivity contribution in [2.45, 2.75) is 0 Å². The quantitative estimate of drug-likeness (QED) is 0.278. The summed E-state index contributed by atoms with van der Waals surface area (Å²) in [6.45, 7) is 5.02. The highest BCUT2D eigenvalue weighted by Crippen LogP contribution is 2.38. The second-order valence-corrected chi connectivity index (χ2v) is 8.49. The van der Waals surface area contributed by atoms with E-state index >= 15 is 0 Å². The fraction of sp³-hybridized carbons (Fsp3) is 0.222. The average molecular weight is 504 g/mol. The molecule has 0 atom stereocenters. The van der Waals surface area contributed by atoms with Crippen LogP contribution in [0.15, 0.2) is 61.4 Å². The van der Waals surface area contributed by atoms with Crippen molar-refractivity contribution in [3.8, 4) is 17.0 Å². The van der Waals surface area contributed by atoms with Gasteiger partial charge in [0, 0.05) is 62.1 Å². The first-order valence-corrected chi connectivity index (χ1v) is 11.7. The molecule has 2 aromatic carbocycles. The van der Waals surface area contributed by atoms with E-state index in [0.717, 1.165) is 28.7 Å². The molecule has 0 saturated heterocycles. The summed E-state index contributed by atoms with van der Waals surface area (Å²) in [7, 11) is 7.29. The molecule has 0 aliphatic rings. The number of nitrogens with one attached hydrogen (secondary N) is 3. The molecule has 3 N–H and O–H groups in total. The molecule has 9 nitrogen and oxygen atoms in total. The summed E-state index contributed by atoms with van der Waals surface area (Å²) in [4.78, 5) is 23.2. The number of hydrogen-bond donors (Lipinski definition) is 3. The second kappa shape index (κ2) is 11.1. The topological polar surface area (TPSA) is 96.3 Å². The number of likely N-dealkylation sites (N-methyl/N-ethyl adjacent to an activating group) is 2. The van der Waals surface area contributed by atoms with E-state index < -0.39 is 0 Å². The third kappa shape index (κ3) is 5.54. The van der Waals surface area contributed by atoms with Crippen LogP contribution in [0.4, 0.5) is 27.4 Å². The average Bonchev–Trinajstić information content (AvgIpc) is 3.22. The van der Waals surface area contributed by atoms with E-state index in [4.69, 9.17) is 4.74 Å². The molecule has 0 bridgehead atoms. The largest absolute Gasteiger partial charge is 0.494 e. The monoisotopic (exact) mass is 503 g/mol. The summed E-state index contributed by atoms with van der Waals surface area (Å²) in [5.41, 5.74) is 4.24. The van der Waals surface area contributed by atoms with Gasteiger partial charge in [-0.05, 0) is 43.5 Å². The predicted molar refractivity (Wildman–Crippen MR) is 146 cm³/mol. The molecular weight excluding hydrogens is 473 g/mol. The van der Waals surface area contributed by atoms with Crippen LogP contribution < -0.4 is 25.6 Å². The number of amides is 1. The molecule has 2 heterocycles. The van der Waals surface area contributed by atoms with Gasteiger partial charge >= 0.3 is 0 Å². The normalized spacial score (nSPS) is 10.8. The Morgan fingerprint density at radius 3 is 2.78 bits per heavy atom. The van der Waals surface area contributed by atoms with Crippen molar-refractivity contribution in [2.75, 3.05) is 49.8 Å². The van der Waals surface area contributed by atoms with Crippen LogP contribution in [0.3, 0.4) is 0 Å². The maximum atomic E-state index is 14.0. The molecule has 0 aliphatic carbocycles. The Morgan fingerprint density at radius 1 is 1.24 bits per heavy atom. The van der Waals surface area contributed by atoms with Gasteiger partial charge in [0.05, 0.1) is 29.9 Å². The van der Waals surface area contributed by atoms with Gasteiger partial charge in [0.15, 0.2) is 0 Å². The Balaban J connectivity index is 1.73. The number of ether oxygens (including phenoxy) is 1. The molecule has 10 heteroatoms. The third-order valence-corrected chi connectivity index (χ3v) is 6.00. The predicted octanol–water partition coefficient (Wildman–Crippen LogP) is 4.31. The number of aromatic nitrogens is 3. The fourth-order valence-electron chi connectivity index (χ4n) is 4.09. The maximum absolute atomic E-state index is 14.0. The van der Waals surface area contributed by atoms with Crippen molar-refractivity contribution in [2.24, 2.45) is 7.05 Å². The lowest BCUT2D eigenvalue weighted by Crippen LogP contribution is -2.28. The van der Waals surface area contributed by atoms with Crippen LogP contribution in [0.2, 0.25) is 0 Å². The number of carbonyl (C=O) groups excluding carboxylic acids is 1. The number of halogens is 1. The number of nitrogens with zero attached hydrogens (tertiary/aromatic N) is 4. The lowest BCUT2D eigenvalue weighted by molar-refractivity contribution is -0.111. The van der Waals surface area contributed by atoms with Gasteiger partial charge in [0.25, 0.3) is 0 Å². The maximum Gasteiger partial charge on any atom is 0.247 e. The SMILES string of the molecule is C=CC(=O)Nc1cc(Nc2nccc(-c3cn(C)c4ccc(F)cc34)n2)c(OC)cc1N(C)CCNC. The van der Waals surface area contributed by atoms with Gasteiger partial charge in [-0.2, -0.15) is 0 Å². The third-order valence-electron chi connectivity index (χ3n) is 6.00. The van der Waals surface area contributed by atoms with E-state index in [0.29, 0.717) is 35.3 Å². The van der Waals surface area contributed by atoms with Crippen molar-refractivity contribution in [1.82, 2.24) is 19.9 Å². The Labute approximate surface area is 215 Å². The van der Waals surface area contributed by atoms with Crippen LogP contribution in [0.5, 0.6) is 5.75 Å². The van der Waals surface area contributed by atoms with Crippen molar-refractivity contribution in [3.05, 3.63) is 67.3 Å². The first kappa shape index (κ1) is 25.6. The molecule has 0 unspecified atom stereocenters. The highest BCUT2D eigenvalue weighted by Gasteiger charge is 2.17. The molecule has 0 saturated carbocycles. The smallest absolute Gasteiger partial charge is 0.247 e. The molecule has 2 aromatic heterocycles. The first-order chi connectivity index (χ1) is 17.8. The minimum atomic E-state index is -0.333. The van der Waals surface area contributed by atoms with Gasteiger partial charge in [-0.25, -0.2) is 14.4 Å². The van der Waals surface area contributed by atoms with Crippen LogP contribution in [0.25, 0.3) is 22.2 Å². The highest BCUT2D eigenvalue weighted by atomic mass is 19.1. The van der Waals surface area contributed by atoms with Crippen LogP contribution in [0.1, 0.15) is 0 Å². The summed E-state index contributed by atoms with van der Waals surface area (Å²) in [5.74, 6) is 0.220. The van der Waals surface area contributed by atoms with E-state index in [1.807, 2.05) is 42.9 Å². The second-order valence-electron chi connectivity index (χ2n) is 8.49. The Morgan fingerprint density at radius 2 is 2.05 bits per heavy atom. The summed E-state index contributed by atoms with van der Waals surface area (Å²) in [6.07, 6.45) is 4.76. The lowest BCUT2D eigenvalue weighted by atomic mass is 10.1. The van der Waals surface area contributed by atoms with Crippen molar-refractivity contribution in [3.63, 3.8) is 0 Å². The van der Waals surface area contributed by atoms with Crippen LogP contribution in [-0.4, -0.2) is 54.7 Å². The van der Waals surface area contributed by atoms with Crippen molar-refractivity contribution >= 4 is 39.8 Å². The van der Waals surface area contributed by atoms with E-state index in [1.165, 1.54) is 18.2 Å². The minimum Gasteiger partial charge on any atom is -0.494 e. The van der Waals surface area contributed by atoms with E-state index in [-0.39, 0.29) is 11.7 Å². The number of hydrogen-bond acceptors (Lipinski definition) is 7. The van der Waals surface area contributed by atoms with Crippen LogP contribution in [0, 0.1) is 5.82 Å². The summed E-state index contributed by atoms with van der Waals surface area (Å²) < 4.78 is 21.6. The lowest BCUT2D eigenvalue weighted by Gasteiger charge is -2.24. The Hall–Kier alpha value is -4.44. The molecule has 0 radical (unpaired) electrons. The molecule has 4 aromatic rings. The number of aryl methyl sites for hydroxylation is 1. The van der Waals surface area contributed by atoms with Crippen LogP contribution in [-0.2, 0) is 11.8 Å². The van der Waals surface area contributed by atoms with Gasteiger partial charge in [0.2, 0.25) is 11.9 Å².